The summed E-state index contributed by atoms with van der Waals surface area (Å²) in [5.41, 5.74) is 1.08. The SMILES string of the molecule is COc1c(OCc2ccc(OCC(=O)OC3(C)C4CC5CC(C4)CC3C5)cc2)cc([S+](c2ccccc2)c2ccccc2)cc1OCc1ccc(OCC(=O)OC2(C)C3CC4CC(C3)CC2C4)cc1. The van der Waals surface area contributed by atoms with E-state index in [1.54, 1.807) is 7.11 Å². The minimum Gasteiger partial charge on any atom is -0.490 e. The Hall–Kier alpha value is -5.61. The molecular formula is C59H65O9S+. The lowest BCUT2D eigenvalue weighted by molar-refractivity contribution is -0.205. The lowest BCUT2D eigenvalue weighted by Crippen LogP contribution is -2.58. The first kappa shape index (κ1) is 45.8. The maximum atomic E-state index is 13.2. The van der Waals surface area contributed by atoms with E-state index in [1.807, 2.05) is 60.7 Å². The zero-order valence-corrected chi connectivity index (χ0v) is 41.0. The van der Waals surface area contributed by atoms with Gasteiger partial charge in [0.05, 0.1) is 18.0 Å². The molecule has 0 atom stereocenters. The maximum Gasteiger partial charge on any atom is 0.344 e. The third kappa shape index (κ3) is 9.55. The Bertz CT molecular complexity index is 2370. The summed E-state index contributed by atoms with van der Waals surface area (Å²) in [6.45, 7) is 4.60. The standard InChI is InChI=1S/C59H65O9S/c1-58(44-24-40-22-41(26-44)27-45(58)25-40)67-55(60)36-63-48-18-14-38(15-19-48)34-65-53-32-52(69(50-10-6-4-7-11-50)51-12-8-5-9-13-51)33-54(57(53)62-3)66-35-39-16-20-49(21-17-39)64-37-56(61)68-59(2)46-28-42-23-43(30-46)31-47(59)29-42/h4-21,32-33,40-47H,22-31,34-37H2,1-3H3/q+1. The summed E-state index contributed by atoms with van der Waals surface area (Å²) < 4.78 is 43.7. The van der Waals surface area contributed by atoms with Crippen LogP contribution in [0.15, 0.2) is 136 Å². The summed E-state index contributed by atoms with van der Waals surface area (Å²) in [6.07, 6.45) is 12.2. The van der Waals surface area contributed by atoms with Gasteiger partial charge in [0.2, 0.25) is 5.75 Å². The molecule has 0 unspecified atom stereocenters. The number of rotatable bonds is 18. The number of carbonyl (C=O) groups excluding carboxylic acids is 2. The molecule has 0 spiro atoms. The molecule has 0 aromatic heterocycles. The van der Waals surface area contributed by atoms with E-state index in [2.05, 4.69) is 74.5 Å². The highest BCUT2D eigenvalue weighted by Gasteiger charge is 2.58. The van der Waals surface area contributed by atoms with Crippen molar-refractivity contribution in [1.29, 1.82) is 0 Å². The van der Waals surface area contributed by atoms with Gasteiger partial charge in [-0.25, -0.2) is 9.59 Å². The fourth-order valence-corrected chi connectivity index (χ4v) is 15.8. The van der Waals surface area contributed by atoms with Gasteiger partial charge in [-0.15, -0.1) is 0 Å². The van der Waals surface area contributed by atoms with Crippen molar-refractivity contribution < 1.29 is 42.7 Å². The zero-order chi connectivity index (χ0) is 47.1. The number of hydrogen-bond donors (Lipinski definition) is 0. The van der Waals surface area contributed by atoms with Crippen molar-refractivity contribution in [3.63, 3.8) is 0 Å². The molecule has 0 saturated heterocycles. The fourth-order valence-electron chi connectivity index (χ4n) is 13.7. The molecule has 0 heterocycles. The summed E-state index contributed by atoms with van der Waals surface area (Å²) >= 11 is 0. The van der Waals surface area contributed by atoms with E-state index in [9.17, 15) is 9.59 Å². The zero-order valence-electron chi connectivity index (χ0n) is 40.1. The van der Waals surface area contributed by atoms with Gasteiger partial charge in [-0.3, -0.25) is 0 Å². The molecule has 9 nitrogen and oxygen atoms in total. The molecule has 8 aliphatic rings. The second-order valence-electron chi connectivity index (χ2n) is 21.3. The Morgan fingerprint density at radius 2 is 0.841 bits per heavy atom. The number of methoxy groups -OCH3 is 1. The van der Waals surface area contributed by atoms with E-state index in [1.165, 1.54) is 64.2 Å². The van der Waals surface area contributed by atoms with Gasteiger partial charge >= 0.3 is 11.9 Å². The van der Waals surface area contributed by atoms with E-state index in [0.717, 1.165) is 49.5 Å². The van der Waals surface area contributed by atoms with Crippen LogP contribution in [0.1, 0.15) is 89.2 Å². The normalized spacial score (nSPS) is 29.1. The van der Waals surface area contributed by atoms with E-state index in [4.69, 9.17) is 33.2 Å². The highest BCUT2D eigenvalue weighted by Crippen LogP contribution is 2.61. The summed E-state index contributed by atoms with van der Waals surface area (Å²) in [6, 6.07) is 40.3. The predicted octanol–water partition coefficient (Wildman–Crippen LogP) is 12.2. The monoisotopic (exact) mass is 949 g/mol. The van der Waals surface area contributed by atoms with E-state index < -0.39 is 10.9 Å². The molecule has 0 N–H and O–H groups in total. The van der Waals surface area contributed by atoms with Gasteiger partial charge in [0.15, 0.2) is 39.4 Å². The van der Waals surface area contributed by atoms with Gasteiger partial charge in [-0.05, 0) is 185 Å². The molecule has 8 aliphatic carbocycles. The largest absolute Gasteiger partial charge is 0.490 e. The van der Waals surface area contributed by atoms with Crippen molar-refractivity contribution in [1.82, 2.24) is 0 Å². The lowest BCUT2D eigenvalue weighted by atomic mass is 9.50. The second-order valence-corrected chi connectivity index (χ2v) is 23.3. The van der Waals surface area contributed by atoms with Crippen LogP contribution in [0.2, 0.25) is 0 Å². The molecule has 8 fully saturated rings. The van der Waals surface area contributed by atoms with Crippen molar-refractivity contribution in [2.24, 2.45) is 47.3 Å². The van der Waals surface area contributed by atoms with Crippen LogP contribution in [0.4, 0.5) is 0 Å². The van der Waals surface area contributed by atoms with E-state index >= 15 is 0 Å². The van der Waals surface area contributed by atoms with Gasteiger partial charge in [-0.2, -0.15) is 0 Å². The molecular weight excluding hydrogens is 885 g/mol. The average Bonchev–Trinajstić information content (AvgIpc) is 3.36. The van der Waals surface area contributed by atoms with Gasteiger partial charge < -0.3 is 33.2 Å². The quantitative estimate of drug-likeness (QED) is 0.0628. The molecule has 8 bridgehead atoms. The number of hydrogen-bond acceptors (Lipinski definition) is 9. The molecule has 5 aromatic rings. The van der Waals surface area contributed by atoms with Gasteiger partial charge in [0, 0.05) is 12.1 Å². The minimum atomic E-state index is -0.498. The van der Waals surface area contributed by atoms with Gasteiger partial charge in [-0.1, -0.05) is 60.7 Å². The van der Waals surface area contributed by atoms with Crippen LogP contribution in [-0.4, -0.2) is 43.5 Å². The summed E-state index contributed by atoms with van der Waals surface area (Å²) in [4.78, 5) is 29.6. The van der Waals surface area contributed by atoms with Crippen molar-refractivity contribution in [3.8, 4) is 28.7 Å². The summed E-state index contributed by atoms with van der Waals surface area (Å²) in [7, 11) is 1.13. The lowest BCUT2D eigenvalue weighted by Gasteiger charge is -2.59. The Morgan fingerprint density at radius 3 is 1.19 bits per heavy atom. The topological polar surface area (TPSA) is 98.8 Å². The maximum absolute atomic E-state index is 13.2. The van der Waals surface area contributed by atoms with Crippen molar-refractivity contribution in [3.05, 3.63) is 132 Å². The molecule has 360 valence electrons. The van der Waals surface area contributed by atoms with Gasteiger partial charge in [0.1, 0.15) is 35.9 Å². The molecule has 0 amide bonds. The predicted molar refractivity (Wildman–Crippen MR) is 264 cm³/mol. The van der Waals surface area contributed by atoms with Crippen LogP contribution < -0.4 is 23.7 Å². The average molecular weight is 950 g/mol. The molecule has 0 radical (unpaired) electrons. The number of benzene rings is 5. The van der Waals surface area contributed by atoms with Crippen LogP contribution in [0.3, 0.4) is 0 Å². The van der Waals surface area contributed by atoms with E-state index in [-0.39, 0.29) is 49.6 Å². The molecule has 69 heavy (non-hydrogen) atoms. The molecule has 8 saturated carbocycles. The van der Waals surface area contributed by atoms with Crippen molar-refractivity contribution >= 4 is 22.8 Å². The Balaban J connectivity index is 0.758. The first-order chi connectivity index (χ1) is 33.6. The molecule has 10 heteroatoms. The second kappa shape index (κ2) is 19.3. The first-order valence-corrected chi connectivity index (χ1v) is 26.5. The minimum absolute atomic E-state index is 0.121. The van der Waals surface area contributed by atoms with Crippen LogP contribution in [0, 0.1) is 47.3 Å². The van der Waals surface area contributed by atoms with Crippen LogP contribution in [0.25, 0.3) is 0 Å². The van der Waals surface area contributed by atoms with Crippen molar-refractivity contribution in [2.75, 3.05) is 20.3 Å². The third-order valence-corrected chi connectivity index (χ3v) is 19.1. The third-order valence-electron chi connectivity index (χ3n) is 16.9. The molecule has 5 aromatic carbocycles. The van der Waals surface area contributed by atoms with Crippen LogP contribution >= 0.6 is 0 Å². The van der Waals surface area contributed by atoms with E-state index in [0.29, 0.717) is 52.4 Å². The smallest absolute Gasteiger partial charge is 0.344 e. The van der Waals surface area contributed by atoms with Crippen LogP contribution in [-0.2, 0) is 43.2 Å². The highest BCUT2D eigenvalue weighted by atomic mass is 32.2. The Morgan fingerprint density at radius 1 is 0.478 bits per heavy atom. The summed E-state index contributed by atoms with van der Waals surface area (Å²) in [5, 5.41) is 0. The highest BCUT2D eigenvalue weighted by molar-refractivity contribution is 7.97. The number of esters is 2. The number of carbonyl (C=O) groups is 2. The van der Waals surface area contributed by atoms with Crippen molar-refractivity contribution in [2.45, 2.75) is 117 Å². The Kier molecular flexibility index (Phi) is 12.8. The van der Waals surface area contributed by atoms with Crippen LogP contribution in [0.5, 0.6) is 28.7 Å². The van der Waals surface area contributed by atoms with Gasteiger partial charge in [0.25, 0.3) is 0 Å². The number of ether oxygens (including phenoxy) is 7. The summed E-state index contributed by atoms with van der Waals surface area (Å²) in [5.74, 6) is 7.27. The molecule has 0 aliphatic heterocycles. The Labute approximate surface area is 409 Å². The first-order valence-electron chi connectivity index (χ1n) is 25.3. The molecule has 13 rings (SSSR count). The fraction of sp³-hybridized carbons (Fsp3) is 0.458.